The summed E-state index contributed by atoms with van der Waals surface area (Å²) in [6, 6.07) is 15.3. The predicted molar refractivity (Wildman–Crippen MR) is 90.4 cm³/mol. The van der Waals surface area contributed by atoms with Crippen molar-refractivity contribution in [1.82, 2.24) is 0 Å². The molecule has 5 heteroatoms. The molecule has 0 heterocycles. The first-order valence-corrected chi connectivity index (χ1v) is 8.81. The first-order valence-electron chi connectivity index (χ1n) is 6.08. The average molecular weight is 345 g/mol. The summed E-state index contributed by atoms with van der Waals surface area (Å²) in [4.78, 5) is 2.19. The minimum atomic E-state index is -0.361. The van der Waals surface area contributed by atoms with Crippen LogP contribution in [0.2, 0.25) is 10.0 Å². The van der Waals surface area contributed by atoms with Crippen LogP contribution >= 0.6 is 46.7 Å². The van der Waals surface area contributed by atoms with Crippen LogP contribution < -0.4 is 0 Å². The van der Waals surface area contributed by atoms with E-state index in [2.05, 4.69) is 0 Å². The SMILES string of the molecule is OC(CSc1ccc(Cl)cc1)CSc1cccc(Cl)c1. The molecule has 2 aromatic carbocycles. The maximum atomic E-state index is 9.99. The Morgan fingerprint density at radius 2 is 1.50 bits per heavy atom. The van der Waals surface area contributed by atoms with Gasteiger partial charge in [0.15, 0.2) is 0 Å². The summed E-state index contributed by atoms with van der Waals surface area (Å²) < 4.78 is 0. The zero-order valence-corrected chi connectivity index (χ0v) is 13.8. The van der Waals surface area contributed by atoms with Crippen LogP contribution in [0, 0.1) is 0 Å². The Balaban J connectivity index is 1.75. The van der Waals surface area contributed by atoms with E-state index >= 15 is 0 Å². The molecule has 106 valence electrons. The summed E-state index contributed by atoms with van der Waals surface area (Å²) in [5, 5.41) is 11.4. The molecule has 1 N–H and O–H groups in total. The Labute approximate surface area is 137 Å². The fraction of sp³-hybridized carbons (Fsp3) is 0.200. The smallest absolute Gasteiger partial charge is 0.0727 e. The molecule has 1 nitrogen and oxygen atoms in total. The number of halogens is 2. The Morgan fingerprint density at radius 3 is 2.15 bits per heavy atom. The average Bonchev–Trinajstić information content (AvgIpc) is 2.45. The normalized spacial score (nSPS) is 12.3. The highest BCUT2D eigenvalue weighted by molar-refractivity contribution is 8.00. The second-order valence-electron chi connectivity index (χ2n) is 4.19. The maximum absolute atomic E-state index is 9.99. The minimum Gasteiger partial charge on any atom is -0.391 e. The van der Waals surface area contributed by atoms with Crippen molar-refractivity contribution in [2.45, 2.75) is 15.9 Å². The maximum Gasteiger partial charge on any atom is 0.0727 e. The minimum absolute atomic E-state index is 0.361. The molecule has 0 saturated carbocycles. The molecule has 0 aliphatic heterocycles. The molecule has 0 bridgehead atoms. The molecule has 0 aromatic heterocycles. The number of rotatable bonds is 6. The van der Waals surface area contributed by atoms with E-state index in [4.69, 9.17) is 23.2 Å². The Hall–Kier alpha value is -0.320. The first kappa shape index (κ1) is 16.1. The molecule has 0 aliphatic rings. The van der Waals surface area contributed by atoms with Crippen molar-refractivity contribution in [3.8, 4) is 0 Å². The largest absolute Gasteiger partial charge is 0.391 e. The van der Waals surface area contributed by atoms with Gasteiger partial charge in [0.1, 0.15) is 0 Å². The van der Waals surface area contributed by atoms with E-state index in [-0.39, 0.29) is 6.10 Å². The number of hydrogen-bond donors (Lipinski definition) is 1. The van der Waals surface area contributed by atoms with E-state index in [1.807, 2.05) is 48.5 Å². The van der Waals surface area contributed by atoms with Crippen molar-refractivity contribution in [3.63, 3.8) is 0 Å². The topological polar surface area (TPSA) is 20.2 Å². The quantitative estimate of drug-likeness (QED) is 0.723. The summed E-state index contributed by atoms with van der Waals surface area (Å²) in [5.41, 5.74) is 0. The van der Waals surface area contributed by atoms with Gasteiger partial charge in [-0.2, -0.15) is 0 Å². The molecule has 1 unspecified atom stereocenters. The number of hydrogen-bond acceptors (Lipinski definition) is 3. The summed E-state index contributed by atoms with van der Waals surface area (Å²) in [6.45, 7) is 0. The molecular weight excluding hydrogens is 331 g/mol. The monoisotopic (exact) mass is 344 g/mol. The number of benzene rings is 2. The van der Waals surface area contributed by atoms with Crippen molar-refractivity contribution >= 4 is 46.7 Å². The molecule has 0 amide bonds. The van der Waals surface area contributed by atoms with Gasteiger partial charge in [0.2, 0.25) is 0 Å². The predicted octanol–water partition coefficient (Wildman–Crippen LogP) is 5.24. The van der Waals surface area contributed by atoms with E-state index in [1.165, 1.54) is 0 Å². The van der Waals surface area contributed by atoms with E-state index < -0.39 is 0 Å². The van der Waals surface area contributed by atoms with Gasteiger partial charge in [-0.25, -0.2) is 0 Å². The third kappa shape index (κ3) is 5.58. The van der Waals surface area contributed by atoms with Gasteiger partial charge in [-0.3, -0.25) is 0 Å². The zero-order chi connectivity index (χ0) is 14.4. The van der Waals surface area contributed by atoms with Crippen molar-refractivity contribution in [2.75, 3.05) is 11.5 Å². The van der Waals surface area contributed by atoms with E-state index in [0.717, 1.165) is 19.8 Å². The fourth-order valence-corrected chi connectivity index (χ4v) is 3.77. The van der Waals surface area contributed by atoms with Crippen LogP contribution in [0.4, 0.5) is 0 Å². The lowest BCUT2D eigenvalue weighted by Gasteiger charge is -2.10. The van der Waals surface area contributed by atoms with Gasteiger partial charge in [0.05, 0.1) is 6.10 Å². The van der Waals surface area contributed by atoms with E-state index in [9.17, 15) is 5.11 Å². The Morgan fingerprint density at radius 1 is 0.850 bits per heavy atom. The second kappa shape index (κ2) is 8.20. The van der Waals surface area contributed by atoms with Gasteiger partial charge in [-0.05, 0) is 42.5 Å². The van der Waals surface area contributed by atoms with Crippen molar-refractivity contribution < 1.29 is 5.11 Å². The number of aliphatic hydroxyl groups is 1. The fourth-order valence-electron chi connectivity index (χ4n) is 1.52. The Kier molecular flexibility index (Phi) is 6.59. The molecule has 0 fully saturated rings. The standard InChI is InChI=1S/C15H14Cl2OS2/c16-11-4-6-14(7-5-11)19-9-13(18)10-20-15-3-1-2-12(17)8-15/h1-8,13,18H,9-10H2. The van der Waals surface area contributed by atoms with Gasteiger partial charge in [0.25, 0.3) is 0 Å². The number of aliphatic hydroxyl groups excluding tert-OH is 1. The van der Waals surface area contributed by atoms with Gasteiger partial charge in [0, 0.05) is 31.3 Å². The highest BCUT2D eigenvalue weighted by Crippen LogP contribution is 2.25. The lowest BCUT2D eigenvalue weighted by molar-refractivity contribution is 0.225. The molecule has 20 heavy (non-hydrogen) atoms. The molecule has 0 aliphatic carbocycles. The molecular formula is C15H14Cl2OS2. The van der Waals surface area contributed by atoms with Crippen molar-refractivity contribution in [1.29, 1.82) is 0 Å². The van der Waals surface area contributed by atoms with Gasteiger partial charge < -0.3 is 5.11 Å². The summed E-state index contributed by atoms with van der Waals surface area (Å²) >= 11 is 15.0. The van der Waals surface area contributed by atoms with Crippen molar-refractivity contribution in [2.24, 2.45) is 0 Å². The van der Waals surface area contributed by atoms with Crippen LogP contribution in [-0.4, -0.2) is 22.7 Å². The van der Waals surface area contributed by atoms with Gasteiger partial charge in [-0.1, -0.05) is 29.3 Å². The second-order valence-corrected chi connectivity index (χ2v) is 7.25. The molecule has 0 spiro atoms. The zero-order valence-electron chi connectivity index (χ0n) is 10.6. The van der Waals surface area contributed by atoms with Crippen LogP contribution in [0.25, 0.3) is 0 Å². The van der Waals surface area contributed by atoms with Crippen LogP contribution in [0.1, 0.15) is 0 Å². The van der Waals surface area contributed by atoms with Crippen LogP contribution in [0.5, 0.6) is 0 Å². The summed E-state index contributed by atoms with van der Waals surface area (Å²) in [7, 11) is 0. The van der Waals surface area contributed by atoms with Gasteiger partial charge in [-0.15, -0.1) is 23.5 Å². The molecule has 1 atom stereocenters. The van der Waals surface area contributed by atoms with Gasteiger partial charge >= 0.3 is 0 Å². The van der Waals surface area contributed by atoms with E-state index in [1.54, 1.807) is 23.5 Å². The highest BCUT2D eigenvalue weighted by Gasteiger charge is 2.06. The van der Waals surface area contributed by atoms with Crippen molar-refractivity contribution in [3.05, 3.63) is 58.6 Å². The summed E-state index contributed by atoms with van der Waals surface area (Å²) in [6.07, 6.45) is -0.361. The molecule has 2 rings (SSSR count). The molecule has 0 saturated heterocycles. The third-order valence-electron chi connectivity index (χ3n) is 2.49. The highest BCUT2D eigenvalue weighted by atomic mass is 35.5. The van der Waals surface area contributed by atoms with Crippen LogP contribution in [-0.2, 0) is 0 Å². The number of thioether (sulfide) groups is 2. The van der Waals surface area contributed by atoms with Crippen LogP contribution in [0.3, 0.4) is 0 Å². The first-order chi connectivity index (χ1) is 9.63. The molecule has 2 aromatic rings. The summed E-state index contributed by atoms with van der Waals surface area (Å²) in [5.74, 6) is 1.32. The lowest BCUT2D eigenvalue weighted by atomic mass is 10.4. The van der Waals surface area contributed by atoms with Crippen LogP contribution in [0.15, 0.2) is 58.3 Å². The Bertz CT molecular complexity index is 546. The lowest BCUT2D eigenvalue weighted by Crippen LogP contribution is -2.12. The molecule has 0 radical (unpaired) electrons. The third-order valence-corrected chi connectivity index (χ3v) is 5.28. The van der Waals surface area contributed by atoms with E-state index in [0.29, 0.717) is 11.5 Å².